The van der Waals surface area contributed by atoms with Crippen LogP contribution in [0.15, 0.2) is 18.2 Å². The SMILES string of the molecule is COC1CN(c2cccc(C(=N)N)n2)CCC1C. The summed E-state index contributed by atoms with van der Waals surface area (Å²) in [6.07, 6.45) is 1.33. The van der Waals surface area contributed by atoms with Gasteiger partial charge in [0.2, 0.25) is 0 Å². The molecule has 1 aliphatic rings. The lowest BCUT2D eigenvalue weighted by atomic mass is 9.96. The molecular weight excluding hydrogens is 228 g/mol. The van der Waals surface area contributed by atoms with Gasteiger partial charge in [0, 0.05) is 20.2 Å². The highest BCUT2D eigenvalue weighted by molar-refractivity contribution is 5.93. The Morgan fingerprint density at radius 1 is 1.56 bits per heavy atom. The lowest BCUT2D eigenvalue weighted by Gasteiger charge is -2.37. The molecule has 2 atom stereocenters. The topological polar surface area (TPSA) is 75.2 Å². The van der Waals surface area contributed by atoms with Crippen molar-refractivity contribution < 1.29 is 4.74 Å². The molecule has 2 heterocycles. The number of pyridine rings is 1. The fraction of sp³-hybridized carbons (Fsp3) is 0.538. The number of nitrogens with two attached hydrogens (primary N) is 1. The number of rotatable bonds is 3. The zero-order valence-electron chi connectivity index (χ0n) is 10.9. The molecule has 1 aromatic rings. The van der Waals surface area contributed by atoms with Gasteiger partial charge in [-0.1, -0.05) is 13.0 Å². The van der Waals surface area contributed by atoms with Crippen molar-refractivity contribution in [1.29, 1.82) is 5.41 Å². The van der Waals surface area contributed by atoms with Crippen molar-refractivity contribution in [3.8, 4) is 0 Å². The van der Waals surface area contributed by atoms with Crippen LogP contribution in [0.4, 0.5) is 5.82 Å². The van der Waals surface area contributed by atoms with Gasteiger partial charge in [0.05, 0.1) is 6.10 Å². The average molecular weight is 248 g/mol. The van der Waals surface area contributed by atoms with E-state index in [9.17, 15) is 0 Å². The van der Waals surface area contributed by atoms with Crippen molar-refractivity contribution >= 4 is 11.7 Å². The second-order valence-electron chi connectivity index (χ2n) is 4.78. The van der Waals surface area contributed by atoms with Gasteiger partial charge in [-0.25, -0.2) is 4.98 Å². The minimum atomic E-state index is 0.00511. The molecule has 1 aromatic heterocycles. The number of nitrogens with one attached hydrogen (secondary N) is 1. The molecule has 18 heavy (non-hydrogen) atoms. The van der Waals surface area contributed by atoms with E-state index in [4.69, 9.17) is 15.9 Å². The highest BCUT2D eigenvalue weighted by atomic mass is 16.5. The molecule has 0 aliphatic carbocycles. The summed E-state index contributed by atoms with van der Waals surface area (Å²) in [6.45, 7) is 4.02. The summed E-state index contributed by atoms with van der Waals surface area (Å²) in [6, 6.07) is 5.60. The molecule has 5 heteroatoms. The Hall–Kier alpha value is -1.62. The Bertz CT molecular complexity index is 435. The summed E-state index contributed by atoms with van der Waals surface area (Å²) in [7, 11) is 1.75. The average Bonchev–Trinajstić information content (AvgIpc) is 2.39. The van der Waals surface area contributed by atoms with Crippen molar-refractivity contribution in [1.82, 2.24) is 4.98 Å². The third kappa shape index (κ3) is 2.61. The highest BCUT2D eigenvalue weighted by Crippen LogP contribution is 2.23. The van der Waals surface area contributed by atoms with Gasteiger partial charge in [0.1, 0.15) is 17.3 Å². The van der Waals surface area contributed by atoms with Crippen molar-refractivity contribution in [2.45, 2.75) is 19.4 Å². The first kappa shape index (κ1) is 12.8. The molecule has 1 saturated heterocycles. The highest BCUT2D eigenvalue weighted by Gasteiger charge is 2.26. The Morgan fingerprint density at radius 2 is 2.33 bits per heavy atom. The monoisotopic (exact) mass is 248 g/mol. The number of ether oxygens (including phenoxy) is 1. The fourth-order valence-electron chi connectivity index (χ4n) is 2.30. The van der Waals surface area contributed by atoms with Gasteiger partial charge in [0.25, 0.3) is 0 Å². The zero-order chi connectivity index (χ0) is 13.1. The summed E-state index contributed by atoms with van der Waals surface area (Å²) in [4.78, 5) is 6.61. The first-order valence-corrected chi connectivity index (χ1v) is 6.21. The lowest BCUT2D eigenvalue weighted by molar-refractivity contribution is 0.0496. The summed E-state index contributed by atoms with van der Waals surface area (Å²) in [5.74, 6) is 1.45. The van der Waals surface area contributed by atoms with Crippen LogP contribution in [-0.2, 0) is 4.74 Å². The molecule has 98 valence electrons. The van der Waals surface area contributed by atoms with Gasteiger partial charge in [-0.2, -0.15) is 0 Å². The van der Waals surface area contributed by atoms with Crippen LogP contribution >= 0.6 is 0 Å². The van der Waals surface area contributed by atoms with Crippen LogP contribution in [0.3, 0.4) is 0 Å². The number of anilines is 1. The molecule has 2 rings (SSSR count). The molecule has 1 aliphatic heterocycles. The fourth-order valence-corrected chi connectivity index (χ4v) is 2.30. The van der Waals surface area contributed by atoms with Crippen LogP contribution < -0.4 is 10.6 Å². The van der Waals surface area contributed by atoms with Crippen LogP contribution in [0.1, 0.15) is 19.0 Å². The molecule has 1 fully saturated rings. The second-order valence-corrected chi connectivity index (χ2v) is 4.78. The predicted molar refractivity (Wildman–Crippen MR) is 72.0 cm³/mol. The second kappa shape index (κ2) is 5.35. The minimum absolute atomic E-state index is 0.00511. The summed E-state index contributed by atoms with van der Waals surface area (Å²) in [5.41, 5.74) is 5.99. The van der Waals surface area contributed by atoms with Crippen molar-refractivity contribution in [3.05, 3.63) is 23.9 Å². The van der Waals surface area contributed by atoms with Crippen LogP contribution in [0.25, 0.3) is 0 Å². The van der Waals surface area contributed by atoms with E-state index >= 15 is 0 Å². The van der Waals surface area contributed by atoms with Crippen molar-refractivity contribution in [2.24, 2.45) is 11.7 Å². The molecule has 0 amide bonds. The molecule has 3 N–H and O–H groups in total. The molecule has 0 saturated carbocycles. The number of hydrogen-bond acceptors (Lipinski definition) is 4. The van der Waals surface area contributed by atoms with Gasteiger partial charge in [-0.05, 0) is 24.5 Å². The van der Waals surface area contributed by atoms with Crippen LogP contribution in [-0.4, -0.2) is 37.1 Å². The molecule has 0 bridgehead atoms. The van der Waals surface area contributed by atoms with E-state index in [2.05, 4.69) is 16.8 Å². The smallest absolute Gasteiger partial charge is 0.141 e. The molecular formula is C13H20N4O. The van der Waals surface area contributed by atoms with Gasteiger partial charge < -0.3 is 15.4 Å². The van der Waals surface area contributed by atoms with E-state index < -0.39 is 0 Å². The number of nitrogens with zero attached hydrogens (tertiary/aromatic N) is 2. The third-order valence-corrected chi connectivity index (χ3v) is 3.53. The van der Waals surface area contributed by atoms with Crippen LogP contribution in [0, 0.1) is 11.3 Å². The molecule has 5 nitrogen and oxygen atoms in total. The Labute approximate surface area is 107 Å². The first-order valence-electron chi connectivity index (χ1n) is 6.21. The molecule has 2 unspecified atom stereocenters. The van der Waals surface area contributed by atoms with Crippen molar-refractivity contribution in [3.63, 3.8) is 0 Å². The Balaban J connectivity index is 2.16. The van der Waals surface area contributed by atoms with E-state index in [-0.39, 0.29) is 11.9 Å². The Kier molecular flexibility index (Phi) is 3.81. The third-order valence-electron chi connectivity index (χ3n) is 3.53. The zero-order valence-corrected chi connectivity index (χ0v) is 10.9. The van der Waals surface area contributed by atoms with Gasteiger partial charge in [-0.3, -0.25) is 5.41 Å². The summed E-state index contributed by atoms with van der Waals surface area (Å²) >= 11 is 0. The van der Waals surface area contributed by atoms with Crippen LogP contribution in [0.5, 0.6) is 0 Å². The Morgan fingerprint density at radius 3 is 3.00 bits per heavy atom. The number of methoxy groups -OCH3 is 1. The number of piperidine rings is 1. The lowest BCUT2D eigenvalue weighted by Crippen LogP contribution is -2.44. The van der Waals surface area contributed by atoms with Gasteiger partial charge >= 0.3 is 0 Å². The summed E-state index contributed by atoms with van der Waals surface area (Å²) < 4.78 is 5.50. The van der Waals surface area contributed by atoms with E-state index in [1.165, 1.54) is 0 Å². The predicted octanol–water partition coefficient (Wildman–Crippen LogP) is 1.23. The maximum Gasteiger partial charge on any atom is 0.141 e. The van der Waals surface area contributed by atoms with E-state index in [1.807, 2.05) is 12.1 Å². The standard InChI is InChI=1S/C13H20N4O/c1-9-6-7-17(8-11(9)18-2)12-5-3-4-10(16-12)13(14)15/h3-5,9,11H,6-8H2,1-2H3,(H3,14,15). The number of aromatic nitrogens is 1. The van der Waals surface area contributed by atoms with Crippen molar-refractivity contribution in [2.75, 3.05) is 25.1 Å². The minimum Gasteiger partial charge on any atom is -0.382 e. The maximum absolute atomic E-state index is 7.43. The van der Waals surface area contributed by atoms with E-state index in [0.717, 1.165) is 25.3 Å². The maximum atomic E-state index is 7.43. The molecule has 0 spiro atoms. The molecule has 0 aromatic carbocycles. The normalized spacial score (nSPS) is 24.0. The molecule has 0 radical (unpaired) electrons. The quantitative estimate of drug-likeness (QED) is 0.623. The van der Waals surface area contributed by atoms with Gasteiger partial charge in [-0.15, -0.1) is 0 Å². The van der Waals surface area contributed by atoms with Gasteiger partial charge in [0.15, 0.2) is 0 Å². The first-order chi connectivity index (χ1) is 8.61. The van der Waals surface area contributed by atoms with Crippen LogP contribution in [0.2, 0.25) is 0 Å². The van der Waals surface area contributed by atoms with E-state index in [1.54, 1.807) is 13.2 Å². The van der Waals surface area contributed by atoms with E-state index in [0.29, 0.717) is 11.6 Å². The number of amidine groups is 1. The number of nitrogen functional groups attached to an aromatic ring is 1. The summed E-state index contributed by atoms with van der Waals surface area (Å²) in [5, 5.41) is 7.43. The largest absolute Gasteiger partial charge is 0.382 e. The number of hydrogen-bond donors (Lipinski definition) is 2.